The molecule has 0 radical (unpaired) electrons. The van der Waals surface area contributed by atoms with Crippen LogP contribution in [-0.4, -0.2) is 49.8 Å². The van der Waals surface area contributed by atoms with Gasteiger partial charge in [-0.15, -0.1) is 0 Å². The molecule has 1 atom stereocenters. The first-order valence-electron chi connectivity index (χ1n) is 11.0. The number of hydrogen-bond donors (Lipinski definition) is 2. The monoisotopic (exact) mass is 405 g/mol. The van der Waals surface area contributed by atoms with Crippen LogP contribution in [-0.2, 0) is 31.0 Å². The lowest BCUT2D eigenvalue weighted by Gasteiger charge is -2.29. The summed E-state index contributed by atoms with van der Waals surface area (Å²) in [6.07, 6.45) is 8.71. The van der Waals surface area contributed by atoms with E-state index in [0.29, 0.717) is 6.04 Å². The van der Waals surface area contributed by atoms with Gasteiger partial charge >= 0.3 is 0 Å². The van der Waals surface area contributed by atoms with Crippen LogP contribution in [0.5, 0.6) is 0 Å². The number of nitrogens with zero attached hydrogens (tertiary/aromatic N) is 3. The highest BCUT2D eigenvalue weighted by Crippen LogP contribution is 2.36. The summed E-state index contributed by atoms with van der Waals surface area (Å²) in [5, 5.41) is 7.01. The zero-order valence-corrected chi connectivity index (χ0v) is 17.9. The van der Waals surface area contributed by atoms with Crippen LogP contribution in [0.2, 0.25) is 0 Å². The molecular weight excluding hydrogens is 374 g/mol. The van der Waals surface area contributed by atoms with Crippen molar-refractivity contribution in [1.82, 2.24) is 9.88 Å². The molecule has 0 saturated carbocycles. The van der Waals surface area contributed by atoms with Gasteiger partial charge in [-0.3, -0.25) is 0 Å². The third-order valence-electron chi connectivity index (χ3n) is 6.61. The number of aliphatic imine (C=N–C) groups is 1. The van der Waals surface area contributed by atoms with E-state index in [1.807, 2.05) is 0 Å². The maximum absolute atomic E-state index is 5.49. The number of allylic oxidation sites excluding steroid dienone is 1. The van der Waals surface area contributed by atoms with Crippen LogP contribution in [0.4, 0.5) is 17.2 Å². The average Bonchev–Trinajstić information content (AvgIpc) is 2.93. The highest BCUT2D eigenvalue weighted by Gasteiger charge is 2.27. The molecule has 1 aromatic heterocycles. The number of ether oxygens (including phenoxy) is 1. The van der Waals surface area contributed by atoms with Gasteiger partial charge in [-0.1, -0.05) is 12.1 Å². The Morgan fingerprint density at radius 1 is 1.17 bits per heavy atom. The Morgan fingerprint density at radius 2 is 2.03 bits per heavy atom. The Bertz CT molecular complexity index is 984. The van der Waals surface area contributed by atoms with E-state index in [-0.39, 0.29) is 0 Å². The molecule has 6 heteroatoms. The standard InChI is InChI=1S/C24H31N5O/c1-25-17-9-10-22-21(16-17)20-7-4-8-23(27-24(20)28(22)2)26-18-5-3-6-19(15-18)29-11-13-30-14-12-29/h3-6,8,15,17,25H,7,9-14,16H2,1-2H3,(H,26,27). The molecule has 2 aromatic rings. The number of amidine groups is 1. The number of nitrogens with one attached hydrogen (secondary N) is 2. The van der Waals surface area contributed by atoms with Gasteiger partial charge in [-0.25, -0.2) is 4.99 Å². The second-order valence-corrected chi connectivity index (χ2v) is 8.39. The van der Waals surface area contributed by atoms with Crippen LogP contribution in [0.15, 0.2) is 41.4 Å². The number of likely N-dealkylation sites (N-methyl/N-ethyl adjacent to an activating group) is 1. The number of aromatic nitrogens is 1. The summed E-state index contributed by atoms with van der Waals surface area (Å²) in [6, 6.07) is 9.17. The Morgan fingerprint density at radius 3 is 2.87 bits per heavy atom. The second kappa shape index (κ2) is 8.28. The third-order valence-corrected chi connectivity index (χ3v) is 6.61. The van der Waals surface area contributed by atoms with Crippen LogP contribution >= 0.6 is 0 Å². The molecule has 158 valence electrons. The summed E-state index contributed by atoms with van der Waals surface area (Å²) in [6.45, 7) is 3.47. The van der Waals surface area contributed by atoms with E-state index in [4.69, 9.17) is 9.73 Å². The molecule has 2 aliphatic heterocycles. The lowest BCUT2D eigenvalue weighted by Crippen LogP contribution is -2.36. The third kappa shape index (κ3) is 3.66. The van der Waals surface area contributed by atoms with Crippen LogP contribution in [0.25, 0.3) is 0 Å². The molecule has 1 saturated heterocycles. The molecule has 2 N–H and O–H groups in total. The fraction of sp³-hybridized carbons (Fsp3) is 0.458. The normalized spacial score (nSPS) is 20.9. The predicted molar refractivity (Wildman–Crippen MR) is 123 cm³/mol. The minimum absolute atomic E-state index is 0.570. The summed E-state index contributed by atoms with van der Waals surface area (Å²) in [7, 11) is 4.24. The summed E-state index contributed by atoms with van der Waals surface area (Å²) in [5.74, 6) is 2.00. The quantitative estimate of drug-likeness (QED) is 0.824. The molecule has 0 bridgehead atoms. The van der Waals surface area contributed by atoms with Gasteiger partial charge in [-0.2, -0.15) is 0 Å². The number of fused-ring (bicyclic) bond motifs is 3. The highest BCUT2D eigenvalue weighted by molar-refractivity contribution is 6.05. The zero-order chi connectivity index (χ0) is 20.5. The first-order chi connectivity index (χ1) is 14.7. The Labute approximate surface area is 178 Å². The molecule has 6 nitrogen and oxygen atoms in total. The van der Waals surface area contributed by atoms with Gasteiger partial charge in [0, 0.05) is 48.8 Å². The van der Waals surface area contributed by atoms with Gasteiger partial charge in [0.05, 0.1) is 13.2 Å². The largest absolute Gasteiger partial charge is 0.378 e. The molecule has 0 amide bonds. The second-order valence-electron chi connectivity index (χ2n) is 8.39. The van der Waals surface area contributed by atoms with E-state index >= 15 is 0 Å². The van der Waals surface area contributed by atoms with Crippen LogP contribution < -0.4 is 15.5 Å². The van der Waals surface area contributed by atoms with Crippen molar-refractivity contribution in [3.05, 3.63) is 53.2 Å². The van der Waals surface area contributed by atoms with Crippen molar-refractivity contribution in [3.8, 4) is 0 Å². The number of rotatable bonds is 3. The SMILES string of the molecule is CNC1CCc2c(c3c(n2C)N=C(Nc2cccc(N4CCOCC4)c2)C=CC3)C1. The van der Waals surface area contributed by atoms with E-state index in [1.165, 1.54) is 28.9 Å². The number of morpholine rings is 1. The molecule has 0 spiro atoms. The fourth-order valence-electron chi connectivity index (χ4n) is 4.92. The summed E-state index contributed by atoms with van der Waals surface area (Å²) in [5.41, 5.74) is 6.65. The molecule has 5 rings (SSSR count). The minimum atomic E-state index is 0.570. The van der Waals surface area contributed by atoms with Crippen LogP contribution in [0.3, 0.4) is 0 Å². The van der Waals surface area contributed by atoms with Gasteiger partial charge in [-0.05, 0) is 62.6 Å². The molecule has 3 heterocycles. The van der Waals surface area contributed by atoms with Gasteiger partial charge < -0.3 is 24.8 Å². The molecule has 30 heavy (non-hydrogen) atoms. The Balaban J connectivity index is 1.42. The zero-order valence-electron chi connectivity index (χ0n) is 17.9. The van der Waals surface area contributed by atoms with Gasteiger partial charge in [0.25, 0.3) is 0 Å². The maximum atomic E-state index is 5.49. The van der Waals surface area contributed by atoms with Crippen molar-refractivity contribution in [1.29, 1.82) is 0 Å². The van der Waals surface area contributed by atoms with E-state index < -0.39 is 0 Å². The molecule has 1 unspecified atom stereocenters. The molecular formula is C24H31N5O. The van der Waals surface area contributed by atoms with E-state index in [0.717, 1.165) is 62.9 Å². The van der Waals surface area contributed by atoms with Crippen molar-refractivity contribution in [2.24, 2.45) is 12.0 Å². The highest BCUT2D eigenvalue weighted by atomic mass is 16.5. The van der Waals surface area contributed by atoms with Crippen molar-refractivity contribution in [3.63, 3.8) is 0 Å². The lowest BCUT2D eigenvalue weighted by atomic mass is 9.90. The number of anilines is 2. The smallest absolute Gasteiger partial charge is 0.138 e. The lowest BCUT2D eigenvalue weighted by molar-refractivity contribution is 0.122. The van der Waals surface area contributed by atoms with Crippen molar-refractivity contribution in [2.45, 2.75) is 31.7 Å². The number of hydrogen-bond acceptors (Lipinski definition) is 5. The topological polar surface area (TPSA) is 53.8 Å². The Kier molecular flexibility index (Phi) is 5.35. The van der Waals surface area contributed by atoms with Crippen molar-refractivity contribution in [2.75, 3.05) is 43.6 Å². The predicted octanol–water partition coefficient (Wildman–Crippen LogP) is 3.19. The summed E-state index contributed by atoms with van der Waals surface area (Å²) >= 11 is 0. The van der Waals surface area contributed by atoms with E-state index in [1.54, 1.807) is 0 Å². The molecule has 3 aliphatic rings. The molecule has 1 aliphatic carbocycles. The molecule has 1 fully saturated rings. The minimum Gasteiger partial charge on any atom is -0.378 e. The van der Waals surface area contributed by atoms with Crippen molar-refractivity contribution >= 4 is 23.0 Å². The van der Waals surface area contributed by atoms with Crippen LogP contribution in [0, 0.1) is 0 Å². The summed E-state index contributed by atoms with van der Waals surface area (Å²) < 4.78 is 7.80. The van der Waals surface area contributed by atoms with Gasteiger partial charge in [0.15, 0.2) is 0 Å². The van der Waals surface area contributed by atoms with Crippen molar-refractivity contribution < 1.29 is 4.74 Å². The number of benzene rings is 1. The Hall–Kier alpha value is -2.57. The van der Waals surface area contributed by atoms with Gasteiger partial charge in [0.2, 0.25) is 0 Å². The van der Waals surface area contributed by atoms with E-state index in [2.05, 4.69) is 70.6 Å². The average molecular weight is 406 g/mol. The van der Waals surface area contributed by atoms with Crippen LogP contribution in [0.1, 0.15) is 23.2 Å². The summed E-state index contributed by atoms with van der Waals surface area (Å²) in [4.78, 5) is 7.44. The van der Waals surface area contributed by atoms with E-state index in [9.17, 15) is 0 Å². The fourth-order valence-corrected chi connectivity index (χ4v) is 4.92. The first-order valence-corrected chi connectivity index (χ1v) is 11.0. The maximum Gasteiger partial charge on any atom is 0.138 e. The van der Waals surface area contributed by atoms with Gasteiger partial charge in [0.1, 0.15) is 11.7 Å². The first kappa shape index (κ1) is 19.4. The molecule has 1 aromatic carbocycles.